The second-order valence-corrected chi connectivity index (χ2v) is 7.79. The third-order valence-electron chi connectivity index (χ3n) is 4.64. The lowest BCUT2D eigenvalue weighted by atomic mass is 10.0. The number of ether oxygens (including phenoxy) is 3. The minimum Gasteiger partial charge on any atom is -0.503 e. The molecule has 1 heterocycles. The number of aromatic hydroxyl groups is 1. The van der Waals surface area contributed by atoms with Gasteiger partial charge in [-0.05, 0) is 38.3 Å². The first kappa shape index (κ1) is 24.9. The fraction of sp³-hybridized carbons (Fsp3) is 0.435. The number of amides is 1. The minimum absolute atomic E-state index is 0.0834. The molecule has 0 saturated carbocycles. The predicted octanol–water partition coefficient (Wildman–Crippen LogP) is 3.48. The highest BCUT2D eigenvalue weighted by Crippen LogP contribution is 2.27. The van der Waals surface area contributed by atoms with Gasteiger partial charge >= 0.3 is 5.97 Å². The Morgan fingerprint density at radius 2 is 1.91 bits per heavy atom. The Hall–Kier alpha value is -3.36. The molecule has 174 valence electrons. The van der Waals surface area contributed by atoms with Crippen LogP contribution in [0.25, 0.3) is 0 Å². The average molecular weight is 448 g/mol. The first-order chi connectivity index (χ1) is 15.1. The van der Waals surface area contributed by atoms with Crippen LogP contribution in [0.3, 0.4) is 0 Å². The number of hydrogen-bond donors (Lipinski definition) is 2. The van der Waals surface area contributed by atoms with Crippen LogP contribution in [0.15, 0.2) is 36.5 Å². The first-order valence-corrected chi connectivity index (χ1v) is 10.3. The number of carbonyl (C=O) groups is 2. The molecule has 9 heteroatoms. The summed E-state index contributed by atoms with van der Waals surface area (Å²) in [6.07, 6.45) is 0.676. The van der Waals surface area contributed by atoms with E-state index in [1.54, 1.807) is 13.0 Å². The van der Waals surface area contributed by atoms with Gasteiger partial charge in [-0.2, -0.15) is 0 Å². The molecule has 0 fully saturated rings. The lowest BCUT2D eigenvalue weighted by Crippen LogP contribution is -2.43. The minimum atomic E-state index is -1.02. The van der Waals surface area contributed by atoms with E-state index in [1.807, 2.05) is 13.8 Å². The number of pyridine rings is 1. The molecule has 2 aromatic rings. The third-order valence-corrected chi connectivity index (χ3v) is 4.64. The molecule has 0 saturated heterocycles. The highest BCUT2D eigenvalue weighted by atomic mass is 19.1. The molecule has 1 amide bonds. The number of methoxy groups -OCH3 is 1. The summed E-state index contributed by atoms with van der Waals surface area (Å²) < 4.78 is 29.8. The molecule has 0 aliphatic rings. The fourth-order valence-electron chi connectivity index (χ4n) is 2.97. The largest absolute Gasteiger partial charge is 0.503 e. The number of nitrogens with one attached hydrogen (secondary N) is 1. The topological polar surface area (TPSA) is 107 Å². The van der Waals surface area contributed by atoms with Crippen molar-refractivity contribution in [1.82, 2.24) is 10.3 Å². The Morgan fingerprint density at radius 1 is 1.19 bits per heavy atom. The molecule has 32 heavy (non-hydrogen) atoms. The van der Waals surface area contributed by atoms with E-state index in [2.05, 4.69) is 10.3 Å². The molecule has 0 aliphatic heterocycles. The molecule has 1 aromatic heterocycles. The van der Waals surface area contributed by atoms with Crippen molar-refractivity contribution in [2.45, 2.75) is 52.4 Å². The molecular formula is C23H29FN2O6. The van der Waals surface area contributed by atoms with E-state index in [4.69, 9.17) is 14.2 Å². The molecule has 1 aromatic carbocycles. The van der Waals surface area contributed by atoms with Crippen molar-refractivity contribution >= 4 is 11.9 Å². The van der Waals surface area contributed by atoms with Gasteiger partial charge in [0.1, 0.15) is 29.8 Å². The van der Waals surface area contributed by atoms with E-state index >= 15 is 0 Å². The Labute approximate surface area is 186 Å². The summed E-state index contributed by atoms with van der Waals surface area (Å²) in [7, 11) is 1.34. The van der Waals surface area contributed by atoms with E-state index in [-0.39, 0.29) is 17.4 Å². The monoisotopic (exact) mass is 448 g/mol. The van der Waals surface area contributed by atoms with E-state index in [1.165, 1.54) is 44.5 Å². The van der Waals surface area contributed by atoms with Crippen molar-refractivity contribution in [3.63, 3.8) is 0 Å². The Morgan fingerprint density at radius 3 is 2.53 bits per heavy atom. The second-order valence-electron chi connectivity index (χ2n) is 7.79. The maximum Gasteiger partial charge on any atom is 0.328 e. The molecule has 0 radical (unpaired) electrons. The summed E-state index contributed by atoms with van der Waals surface area (Å²) in [5.41, 5.74) is -0.274. The molecule has 0 unspecified atom stereocenters. The quantitative estimate of drug-likeness (QED) is 0.536. The second kappa shape index (κ2) is 11.3. The van der Waals surface area contributed by atoms with Crippen LogP contribution in [0.1, 0.15) is 44.6 Å². The van der Waals surface area contributed by atoms with Crippen LogP contribution in [0.2, 0.25) is 0 Å². The summed E-state index contributed by atoms with van der Waals surface area (Å²) in [5.74, 6) is -1.66. The van der Waals surface area contributed by atoms with E-state index in [9.17, 15) is 19.1 Å². The van der Waals surface area contributed by atoms with Crippen LogP contribution in [-0.4, -0.2) is 47.3 Å². The summed E-state index contributed by atoms with van der Waals surface area (Å²) in [6.45, 7) is 7.11. The van der Waals surface area contributed by atoms with Crippen LogP contribution >= 0.6 is 0 Å². The van der Waals surface area contributed by atoms with Gasteiger partial charge in [-0.15, -0.1) is 0 Å². The molecule has 0 spiro atoms. The molecule has 0 aliphatic carbocycles. The van der Waals surface area contributed by atoms with Gasteiger partial charge in [0.05, 0.1) is 7.11 Å². The zero-order valence-corrected chi connectivity index (χ0v) is 18.8. The first-order valence-electron chi connectivity index (χ1n) is 10.3. The lowest BCUT2D eigenvalue weighted by molar-refractivity contribution is -0.155. The molecule has 3 atom stereocenters. The predicted molar refractivity (Wildman–Crippen MR) is 115 cm³/mol. The van der Waals surface area contributed by atoms with E-state index in [0.29, 0.717) is 12.2 Å². The van der Waals surface area contributed by atoms with Gasteiger partial charge in [0, 0.05) is 18.3 Å². The van der Waals surface area contributed by atoms with E-state index < -0.39 is 41.7 Å². The molecule has 0 bridgehead atoms. The van der Waals surface area contributed by atoms with E-state index in [0.717, 1.165) is 0 Å². The van der Waals surface area contributed by atoms with Crippen molar-refractivity contribution in [3.05, 3.63) is 48.0 Å². The maximum absolute atomic E-state index is 13.5. The fourth-order valence-corrected chi connectivity index (χ4v) is 2.97. The van der Waals surface area contributed by atoms with Crippen LogP contribution < -0.4 is 14.8 Å². The zero-order chi connectivity index (χ0) is 23.8. The number of carbonyl (C=O) groups excluding carboxylic acids is 2. The van der Waals surface area contributed by atoms with Gasteiger partial charge in [-0.1, -0.05) is 19.9 Å². The van der Waals surface area contributed by atoms with Crippen molar-refractivity contribution in [2.75, 3.05) is 7.11 Å². The van der Waals surface area contributed by atoms with Crippen molar-refractivity contribution in [3.8, 4) is 17.2 Å². The third kappa shape index (κ3) is 6.83. The van der Waals surface area contributed by atoms with Gasteiger partial charge in [0.25, 0.3) is 5.91 Å². The van der Waals surface area contributed by atoms with Gasteiger partial charge < -0.3 is 24.6 Å². The standard InChI is InChI=1S/C23H29FN2O6/c1-13(2)11-19(32-17-8-6-7-16(24)12-17)15(4)31-23(29)14(3)26-22(28)20-21(27)18(30-5)9-10-25-20/h6-10,12-15,19,27H,11H2,1-5H3,(H,26,28)/t14-,15-,19+/m0/s1. The van der Waals surface area contributed by atoms with Crippen molar-refractivity contribution in [1.29, 1.82) is 0 Å². The molecular weight excluding hydrogens is 419 g/mol. The zero-order valence-electron chi connectivity index (χ0n) is 18.8. The number of benzene rings is 1. The Bertz CT molecular complexity index is 936. The Kier molecular flexibility index (Phi) is 8.80. The molecule has 2 rings (SSSR count). The SMILES string of the molecule is COc1ccnc(C(=O)N[C@@H](C)C(=O)O[C@@H](C)[C@@H](CC(C)C)Oc2cccc(F)c2)c1O. The van der Waals surface area contributed by atoms with Crippen molar-refractivity contribution in [2.24, 2.45) is 5.92 Å². The normalized spacial score (nSPS) is 13.7. The van der Waals surface area contributed by atoms with Crippen LogP contribution in [0.4, 0.5) is 4.39 Å². The van der Waals surface area contributed by atoms with Gasteiger partial charge in [-0.3, -0.25) is 4.79 Å². The maximum atomic E-state index is 13.5. The number of nitrogens with zero attached hydrogens (tertiary/aromatic N) is 1. The number of rotatable bonds is 10. The summed E-state index contributed by atoms with van der Waals surface area (Å²) >= 11 is 0. The molecule has 2 N–H and O–H groups in total. The van der Waals surface area contributed by atoms with Gasteiger partial charge in [0.15, 0.2) is 17.2 Å². The summed E-state index contributed by atoms with van der Waals surface area (Å²) in [5, 5.41) is 12.5. The molecule has 8 nitrogen and oxygen atoms in total. The number of hydrogen-bond acceptors (Lipinski definition) is 7. The smallest absolute Gasteiger partial charge is 0.328 e. The van der Waals surface area contributed by atoms with Crippen LogP contribution in [0.5, 0.6) is 17.2 Å². The van der Waals surface area contributed by atoms with Crippen molar-refractivity contribution < 1.29 is 33.3 Å². The van der Waals surface area contributed by atoms with Crippen LogP contribution in [0, 0.1) is 11.7 Å². The van der Waals surface area contributed by atoms with Gasteiger partial charge in [0.2, 0.25) is 0 Å². The summed E-state index contributed by atoms with van der Waals surface area (Å²) in [6, 6.07) is 6.12. The number of aromatic nitrogens is 1. The summed E-state index contributed by atoms with van der Waals surface area (Å²) in [4.78, 5) is 28.8. The lowest BCUT2D eigenvalue weighted by Gasteiger charge is -2.27. The Balaban J connectivity index is 2.03. The van der Waals surface area contributed by atoms with Crippen LogP contribution in [-0.2, 0) is 9.53 Å². The van der Waals surface area contributed by atoms with Gasteiger partial charge in [-0.25, -0.2) is 14.2 Å². The average Bonchev–Trinajstić information content (AvgIpc) is 2.72. The number of halogens is 1. The highest BCUT2D eigenvalue weighted by molar-refractivity contribution is 5.97. The number of esters is 1. The highest BCUT2D eigenvalue weighted by Gasteiger charge is 2.28.